The van der Waals surface area contributed by atoms with Crippen molar-refractivity contribution in [1.29, 1.82) is 0 Å². The van der Waals surface area contributed by atoms with Crippen molar-refractivity contribution in [1.82, 2.24) is 10.2 Å². The fourth-order valence-electron chi connectivity index (χ4n) is 2.16. The Hall–Kier alpha value is -0.0800. The summed E-state index contributed by atoms with van der Waals surface area (Å²) in [5, 5.41) is 3.22. The lowest BCUT2D eigenvalue weighted by Crippen LogP contribution is -2.38. The van der Waals surface area contributed by atoms with E-state index in [-0.39, 0.29) is 0 Å². The Morgan fingerprint density at radius 2 is 1.73 bits per heavy atom. The normalized spacial score (nSPS) is 12.0. The number of rotatable bonds is 9. The van der Waals surface area contributed by atoms with E-state index in [9.17, 15) is 0 Å². The van der Waals surface area contributed by atoms with E-state index in [1.807, 2.05) is 7.05 Å². The molecule has 92 valence electrons. The number of hydrogen-bond acceptors (Lipinski definition) is 2. The molecule has 0 heterocycles. The maximum atomic E-state index is 3.22. The zero-order valence-corrected chi connectivity index (χ0v) is 11.3. The second kappa shape index (κ2) is 9.17. The van der Waals surface area contributed by atoms with Crippen LogP contribution in [0.4, 0.5) is 0 Å². The molecule has 15 heavy (non-hydrogen) atoms. The van der Waals surface area contributed by atoms with Gasteiger partial charge in [-0.3, -0.25) is 0 Å². The highest BCUT2D eigenvalue weighted by Gasteiger charge is 2.15. The summed E-state index contributed by atoms with van der Waals surface area (Å²) >= 11 is 0. The van der Waals surface area contributed by atoms with Gasteiger partial charge < -0.3 is 10.2 Å². The van der Waals surface area contributed by atoms with Crippen LogP contribution in [0.25, 0.3) is 0 Å². The third-order valence-electron chi connectivity index (χ3n) is 2.93. The van der Waals surface area contributed by atoms with Gasteiger partial charge >= 0.3 is 0 Å². The van der Waals surface area contributed by atoms with E-state index in [0.29, 0.717) is 0 Å². The van der Waals surface area contributed by atoms with Gasteiger partial charge in [0, 0.05) is 12.6 Å². The Balaban J connectivity index is 4.03. The summed E-state index contributed by atoms with van der Waals surface area (Å²) in [7, 11) is 2.03. The van der Waals surface area contributed by atoms with Gasteiger partial charge in [0.15, 0.2) is 0 Å². The Kier molecular flexibility index (Phi) is 9.12. The molecule has 1 N–H and O–H groups in total. The molecule has 0 aliphatic rings. The van der Waals surface area contributed by atoms with Crippen molar-refractivity contribution < 1.29 is 0 Å². The summed E-state index contributed by atoms with van der Waals surface area (Å²) in [6.45, 7) is 12.9. The van der Waals surface area contributed by atoms with Crippen LogP contribution in [0.15, 0.2) is 0 Å². The fourth-order valence-corrected chi connectivity index (χ4v) is 2.16. The lowest BCUT2D eigenvalue weighted by molar-refractivity contribution is 0.164. The first-order valence-corrected chi connectivity index (χ1v) is 6.54. The Bertz CT molecular complexity index is 130. The molecule has 0 saturated carbocycles. The third-order valence-corrected chi connectivity index (χ3v) is 2.93. The van der Waals surface area contributed by atoms with Crippen LogP contribution in [-0.2, 0) is 0 Å². The fraction of sp³-hybridized carbons (Fsp3) is 1.00. The van der Waals surface area contributed by atoms with E-state index >= 15 is 0 Å². The Morgan fingerprint density at radius 1 is 1.13 bits per heavy atom. The van der Waals surface area contributed by atoms with E-state index < -0.39 is 0 Å². The first kappa shape index (κ1) is 14.9. The first-order chi connectivity index (χ1) is 7.15. The standard InChI is InChI=1S/C13H30N2/c1-6-13(7-2)15(11-12(3)4)10-8-9-14-5/h12-14H,6-11H2,1-5H3. The van der Waals surface area contributed by atoms with Crippen LogP contribution in [0.1, 0.15) is 47.0 Å². The molecule has 0 unspecified atom stereocenters. The molecule has 0 rings (SSSR count). The molecule has 0 aliphatic heterocycles. The summed E-state index contributed by atoms with van der Waals surface area (Å²) in [6.07, 6.45) is 3.82. The monoisotopic (exact) mass is 214 g/mol. The van der Waals surface area contributed by atoms with Gasteiger partial charge in [0.2, 0.25) is 0 Å². The highest BCUT2D eigenvalue weighted by atomic mass is 15.2. The maximum Gasteiger partial charge on any atom is 0.00901 e. The molecule has 0 aliphatic carbocycles. The second-order valence-corrected chi connectivity index (χ2v) is 4.82. The van der Waals surface area contributed by atoms with Crippen LogP contribution >= 0.6 is 0 Å². The topological polar surface area (TPSA) is 15.3 Å². The van der Waals surface area contributed by atoms with Crippen LogP contribution in [0.5, 0.6) is 0 Å². The Labute approximate surface area is 96.4 Å². The van der Waals surface area contributed by atoms with Gasteiger partial charge in [-0.05, 0) is 45.3 Å². The van der Waals surface area contributed by atoms with Gasteiger partial charge in [0.25, 0.3) is 0 Å². The SMILES string of the molecule is CCC(CC)N(CCCNC)CC(C)C. The number of nitrogens with zero attached hydrogens (tertiary/aromatic N) is 1. The smallest absolute Gasteiger partial charge is 0.00901 e. The van der Waals surface area contributed by atoms with Crippen LogP contribution in [0.3, 0.4) is 0 Å². The van der Waals surface area contributed by atoms with Crippen molar-refractivity contribution in [3.8, 4) is 0 Å². The Morgan fingerprint density at radius 3 is 2.13 bits per heavy atom. The third kappa shape index (κ3) is 6.91. The molecule has 0 saturated heterocycles. The summed E-state index contributed by atoms with van der Waals surface area (Å²) in [6, 6.07) is 0.782. The average molecular weight is 214 g/mol. The van der Waals surface area contributed by atoms with Crippen molar-refractivity contribution in [3.05, 3.63) is 0 Å². The van der Waals surface area contributed by atoms with Crippen molar-refractivity contribution in [2.45, 2.75) is 53.0 Å². The lowest BCUT2D eigenvalue weighted by Gasteiger charge is -2.31. The van der Waals surface area contributed by atoms with Crippen molar-refractivity contribution in [3.63, 3.8) is 0 Å². The molecular formula is C13H30N2. The van der Waals surface area contributed by atoms with Gasteiger partial charge in [0.05, 0.1) is 0 Å². The lowest BCUT2D eigenvalue weighted by atomic mass is 10.1. The summed E-state index contributed by atoms with van der Waals surface area (Å²) < 4.78 is 0. The summed E-state index contributed by atoms with van der Waals surface area (Å²) in [5.41, 5.74) is 0. The van der Waals surface area contributed by atoms with Gasteiger partial charge in [0.1, 0.15) is 0 Å². The van der Waals surface area contributed by atoms with Crippen LogP contribution in [0.2, 0.25) is 0 Å². The van der Waals surface area contributed by atoms with Crippen LogP contribution in [-0.4, -0.2) is 37.6 Å². The van der Waals surface area contributed by atoms with Gasteiger partial charge in [-0.2, -0.15) is 0 Å². The predicted octanol–water partition coefficient (Wildman–Crippen LogP) is 2.74. The first-order valence-electron chi connectivity index (χ1n) is 6.54. The maximum absolute atomic E-state index is 3.22. The van der Waals surface area contributed by atoms with Crippen LogP contribution < -0.4 is 5.32 Å². The minimum absolute atomic E-state index is 0.778. The highest BCUT2D eigenvalue weighted by Crippen LogP contribution is 2.11. The molecule has 0 fully saturated rings. The zero-order valence-electron chi connectivity index (χ0n) is 11.3. The van der Waals surface area contributed by atoms with Gasteiger partial charge in [-0.15, -0.1) is 0 Å². The molecule has 0 bridgehead atoms. The summed E-state index contributed by atoms with van der Waals surface area (Å²) in [4.78, 5) is 2.67. The largest absolute Gasteiger partial charge is 0.320 e. The molecule has 0 aromatic heterocycles. The van der Waals surface area contributed by atoms with E-state index in [1.54, 1.807) is 0 Å². The second-order valence-electron chi connectivity index (χ2n) is 4.82. The zero-order chi connectivity index (χ0) is 11.7. The van der Waals surface area contributed by atoms with Crippen LogP contribution in [0, 0.1) is 5.92 Å². The van der Waals surface area contributed by atoms with Gasteiger partial charge in [-0.25, -0.2) is 0 Å². The molecule has 0 aromatic carbocycles. The van der Waals surface area contributed by atoms with Crippen molar-refractivity contribution in [2.75, 3.05) is 26.7 Å². The summed E-state index contributed by atoms with van der Waals surface area (Å²) in [5.74, 6) is 0.778. The minimum Gasteiger partial charge on any atom is -0.320 e. The number of nitrogens with one attached hydrogen (secondary N) is 1. The van der Waals surface area contributed by atoms with E-state index in [1.165, 1.54) is 32.4 Å². The minimum atomic E-state index is 0.778. The molecule has 2 heteroatoms. The van der Waals surface area contributed by atoms with Crippen molar-refractivity contribution in [2.24, 2.45) is 5.92 Å². The van der Waals surface area contributed by atoms with Gasteiger partial charge in [-0.1, -0.05) is 27.7 Å². The van der Waals surface area contributed by atoms with E-state index in [0.717, 1.165) is 18.5 Å². The molecule has 0 aromatic rings. The van der Waals surface area contributed by atoms with E-state index in [2.05, 4.69) is 37.9 Å². The molecule has 0 amide bonds. The molecular weight excluding hydrogens is 184 g/mol. The number of hydrogen-bond donors (Lipinski definition) is 1. The average Bonchev–Trinajstić information content (AvgIpc) is 2.19. The molecule has 0 radical (unpaired) electrons. The molecule has 2 nitrogen and oxygen atoms in total. The molecule has 0 atom stereocenters. The van der Waals surface area contributed by atoms with E-state index in [4.69, 9.17) is 0 Å². The highest BCUT2D eigenvalue weighted by molar-refractivity contribution is 4.70. The molecule has 0 spiro atoms. The predicted molar refractivity (Wildman–Crippen MR) is 69.3 cm³/mol. The van der Waals surface area contributed by atoms with Crippen molar-refractivity contribution >= 4 is 0 Å². The quantitative estimate of drug-likeness (QED) is 0.594.